The molecule has 0 saturated carbocycles. The molecular formula is C18H17F3N4O2S. The summed E-state index contributed by atoms with van der Waals surface area (Å²) in [5.74, 6) is 0. The topological polar surface area (TPSA) is 74.4 Å². The van der Waals surface area contributed by atoms with Crippen LogP contribution in [-0.4, -0.2) is 40.2 Å². The van der Waals surface area contributed by atoms with E-state index in [0.717, 1.165) is 12.8 Å². The molecule has 2 bridgehead atoms. The molecule has 148 valence electrons. The highest BCUT2D eigenvalue weighted by atomic mass is 32.1. The highest BCUT2D eigenvalue weighted by Gasteiger charge is 2.40. The Kier molecular flexibility index (Phi) is 4.11. The van der Waals surface area contributed by atoms with Gasteiger partial charge < -0.3 is 19.7 Å². The van der Waals surface area contributed by atoms with Crippen molar-refractivity contribution in [3.05, 3.63) is 28.8 Å². The fourth-order valence-electron chi connectivity index (χ4n) is 4.17. The Labute approximate surface area is 162 Å². The Morgan fingerprint density at radius 2 is 2.04 bits per heavy atom. The van der Waals surface area contributed by atoms with Crippen LogP contribution >= 0.6 is 11.3 Å². The van der Waals surface area contributed by atoms with Gasteiger partial charge >= 0.3 is 6.18 Å². The van der Waals surface area contributed by atoms with E-state index in [2.05, 4.69) is 15.3 Å². The number of nitrogens with one attached hydrogen (secondary N) is 1. The number of aromatic nitrogens is 2. The number of thiazole rings is 1. The van der Waals surface area contributed by atoms with Gasteiger partial charge in [-0.25, -0.2) is 4.98 Å². The van der Waals surface area contributed by atoms with Gasteiger partial charge in [-0.1, -0.05) is 0 Å². The molecule has 2 saturated heterocycles. The average molecular weight is 410 g/mol. The lowest BCUT2D eigenvalue weighted by molar-refractivity contribution is -0.137. The van der Waals surface area contributed by atoms with E-state index in [4.69, 9.17) is 4.42 Å². The number of aliphatic hydroxyl groups is 1. The van der Waals surface area contributed by atoms with Gasteiger partial charge in [0.05, 0.1) is 17.7 Å². The van der Waals surface area contributed by atoms with Gasteiger partial charge in [0.2, 0.25) is 0 Å². The van der Waals surface area contributed by atoms with Gasteiger partial charge in [0.25, 0.3) is 6.01 Å². The number of nitrogens with zero attached hydrogens (tertiary/aromatic N) is 3. The van der Waals surface area contributed by atoms with Crippen LogP contribution < -0.4 is 10.2 Å². The molecule has 0 spiro atoms. The maximum Gasteiger partial charge on any atom is 0.418 e. The molecule has 10 heteroatoms. The van der Waals surface area contributed by atoms with Gasteiger partial charge in [-0.15, -0.1) is 11.3 Å². The predicted octanol–water partition coefficient (Wildman–Crippen LogP) is 3.40. The standard InChI is InChI=1S/C18H17F3N4O2S/c19-18(20,21)13-9(8-26)5-12(16-22-3-4-28-16)15-14(13)24-17(27-15)25-6-10-1-2-11(7-25)23-10/h3-5,10-11,23,26H,1-2,6-8H2. The van der Waals surface area contributed by atoms with Crippen LogP contribution in [0.5, 0.6) is 0 Å². The molecule has 5 rings (SSSR count). The molecule has 4 heterocycles. The van der Waals surface area contributed by atoms with E-state index in [1.54, 1.807) is 11.6 Å². The minimum Gasteiger partial charge on any atom is -0.423 e. The van der Waals surface area contributed by atoms with Crippen molar-refractivity contribution < 1.29 is 22.7 Å². The van der Waals surface area contributed by atoms with Crippen LogP contribution in [-0.2, 0) is 12.8 Å². The summed E-state index contributed by atoms with van der Waals surface area (Å²) in [5, 5.41) is 15.3. The molecule has 2 fully saturated rings. The Balaban J connectivity index is 1.72. The molecule has 0 aliphatic carbocycles. The minimum absolute atomic E-state index is 0.0559. The van der Waals surface area contributed by atoms with E-state index in [1.165, 1.54) is 17.4 Å². The van der Waals surface area contributed by atoms with Crippen LogP contribution in [0.4, 0.5) is 19.2 Å². The highest BCUT2D eigenvalue weighted by Crippen LogP contribution is 2.43. The number of alkyl halides is 3. The van der Waals surface area contributed by atoms with Crippen molar-refractivity contribution in [1.82, 2.24) is 15.3 Å². The van der Waals surface area contributed by atoms with Gasteiger partial charge in [-0.2, -0.15) is 18.2 Å². The zero-order chi connectivity index (χ0) is 19.5. The quantitative estimate of drug-likeness (QED) is 0.690. The Bertz CT molecular complexity index is 1010. The number of benzene rings is 1. The fraction of sp³-hybridized carbons (Fsp3) is 0.444. The van der Waals surface area contributed by atoms with Crippen LogP contribution in [0.1, 0.15) is 24.0 Å². The predicted molar refractivity (Wildman–Crippen MR) is 98.2 cm³/mol. The van der Waals surface area contributed by atoms with Crippen LogP contribution in [0.3, 0.4) is 0 Å². The molecule has 3 aromatic rings. The lowest BCUT2D eigenvalue weighted by atomic mass is 10.0. The summed E-state index contributed by atoms with van der Waals surface area (Å²) in [7, 11) is 0. The second-order valence-corrected chi connectivity index (χ2v) is 8.06. The van der Waals surface area contributed by atoms with Gasteiger partial charge in [0.1, 0.15) is 10.5 Å². The van der Waals surface area contributed by atoms with E-state index in [1.807, 2.05) is 4.90 Å². The molecule has 6 nitrogen and oxygen atoms in total. The summed E-state index contributed by atoms with van der Waals surface area (Å²) in [6.07, 6.45) is -1.01. The summed E-state index contributed by atoms with van der Waals surface area (Å²) < 4.78 is 47.3. The van der Waals surface area contributed by atoms with Crippen LogP contribution in [0.2, 0.25) is 0 Å². The third-order valence-corrected chi connectivity index (χ3v) is 6.15. The van der Waals surface area contributed by atoms with Gasteiger partial charge in [-0.3, -0.25) is 0 Å². The second kappa shape index (κ2) is 6.43. The number of hydrogen-bond acceptors (Lipinski definition) is 7. The molecule has 2 aliphatic rings. The maximum absolute atomic E-state index is 13.8. The number of piperazine rings is 1. The molecule has 0 radical (unpaired) electrons. The molecule has 2 aliphatic heterocycles. The molecule has 2 unspecified atom stereocenters. The largest absolute Gasteiger partial charge is 0.423 e. The Hall–Kier alpha value is -2.17. The number of aliphatic hydroxyl groups excluding tert-OH is 1. The van der Waals surface area contributed by atoms with Crippen LogP contribution in [0.15, 0.2) is 22.1 Å². The first-order valence-corrected chi connectivity index (χ1v) is 9.87. The van der Waals surface area contributed by atoms with Crippen LogP contribution in [0, 0.1) is 0 Å². The normalized spacial score (nSPS) is 22.4. The minimum atomic E-state index is -4.66. The zero-order valence-electron chi connectivity index (χ0n) is 14.7. The van der Waals surface area contributed by atoms with Crippen molar-refractivity contribution in [3.8, 4) is 10.6 Å². The summed E-state index contributed by atoms with van der Waals surface area (Å²) in [5.41, 5.74) is -0.978. The monoisotopic (exact) mass is 410 g/mol. The SMILES string of the molecule is OCc1cc(-c2nccs2)c2oc(N3CC4CCC(C3)N4)nc2c1C(F)(F)F. The molecule has 1 aromatic carbocycles. The molecular weight excluding hydrogens is 393 g/mol. The first-order valence-electron chi connectivity index (χ1n) is 8.99. The molecule has 2 atom stereocenters. The van der Waals surface area contributed by atoms with Crippen molar-refractivity contribution in [2.45, 2.75) is 37.7 Å². The number of hydrogen-bond donors (Lipinski definition) is 2. The zero-order valence-corrected chi connectivity index (χ0v) is 15.5. The second-order valence-electron chi connectivity index (χ2n) is 7.17. The summed E-state index contributed by atoms with van der Waals surface area (Å²) in [6, 6.07) is 2.08. The number of oxazole rings is 1. The number of anilines is 1. The molecule has 2 aromatic heterocycles. The van der Waals surface area contributed by atoms with E-state index in [-0.39, 0.29) is 22.7 Å². The Morgan fingerprint density at radius 1 is 1.29 bits per heavy atom. The number of rotatable bonds is 3. The van der Waals surface area contributed by atoms with Gasteiger partial charge in [0.15, 0.2) is 5.58 Å². The van der Waals surface area contributed by atoms with Gasteiger partial charge in [0, 0.05) is 36.8 Å². The first-order chi connectivity index (χ1) is 13.4. The molecule has 28 heavy (non-hydrogen) atoms. The fourth-order valence-corrected chi connectivity index (χ4v) is 4.82. The summed E-state index contributed by atoms with van der Waals surface area (Å²) in [6.45, 7) is 0.539. The van der Waals surface area contributed by atoms with Crippen molar-refractivity contribution in [2.24, 2.45) is 0 Å². The highest BCUT2D eigenvalue weighted by molar-refractivity contribution is 7.13. The third kappa shape index (κ3) is 2.87. The smallest absolute Gasteiger partial charge is 0.418 e. The first kappa shape index (κ1) is 17.9. The van der Waals surface area contributed by atoms with Crippen LogP contribution in [0.25, 0.3) is 21.7 Å². The van der Waals surface area contributed by atoms with E-state index < -0.39 is 18.3 Å². The van der Waals surface area contributed by atoms with E-state index in [9.17, 15) is 18.3 Å². The lowest BCUT2D eigenvalue weighted by Gasteiger charge is -2.31. The van der Waals surface area contributed by atoms with E-state index in [0.29, 0.717) is 35.7 Å². The van der Waals surface area contributed by atoms with Crippen molar-refractivity contribution in [2.75, 3.05) is 18.0 Å². The number of halogens is 3. The van der Waals surface area contributed by atoms with Gasteiger partial charge in [-0.05, 0) is 24.5 Å². The summed E-state index contributed by atoms with van der Waals surface area (Å²) in [4.78, 5) is 10.4. The lowest BCUT2D eigenvalue weighted by Crippen LogP contribution is -2.51. The molecule has 2 N–H and O–H groups in total. The van der Waals surface area contributed by atoms with Crippen molar-refractivity contribution >= 4 is 28.5 Å². The van der Waals surface area contributed by atoms with E-state index >= 15 is 0 Å². The molecule has 0 amide bonds. The number of fused-ring (bicyclic) bond motifs is 3. The van der Waals surface area contributed by atoms with Crippen molar-refractivity contribution in [3.63, 3.8) is 0 Å². The van der Waals surface area contributed by atoms with Crippen molar-refractivity contribution in [1.29, 1.82) is 0 Å². The Morgan fingerprint density at radius 3 is 2.64 bits per heavy atom. The maximum atomic E-state index is 13.8. The average Bonchev–Trinajstić information content (AvgIpc) is 3.39. The summed E-state index contributed by atoms with van der Waals surface area (Å²) >= 11 is 1.29. The third-order valence-electron chi connectivity index (χ3n) is 5.34.